The number of rotatable bonds is 3. The molecule has 0 spiro atoms. The summed E-state index contributed by atoms with van der Waals surface area (Å²) in [5.41, 5.74) is 1.12. The molecule has 8 heteroatoms. The smallest absolute Gasteiger partial charge is 0.273 e. The Labute approximate surface area is 141 Å². The van der Waals surface area contributed by atoms with E-state index in [-0.39, 0.29) is 24.4 Å². The fourth-order valence-electron chi connectivity index (χ4n) is 2.78. The minimum Gasteiger partial charge on any atom is -0.440 e. The summed E-state index contributed by atoms with van der Waals surface area (Å²) in [6.45, 7) is 4.80. The van der Waals surface area contributed by atoms with E-state index in [0.717, 1.165) is 24.9 Å². The highest BCUT2D eigenvalue weighted by molar-refractivity contribution is 5.93. The maximum Gasteiger partial charge on any atom is 0.273 e. The monoisotopic (exact) mass is 339 g/mol. The van der Waals surface area contributed by atoms with Crippen molar-refractivity contribution in [1.82, 2.24) is 25.4 Å². The maximum absolute atomic E-state index is 12.4. The molecule has 0 saturated carbocycles. The lowest BCUT2D eigenvalue weighted by Gasteiger charge is -2.28. The molecule has 0 aromatic carbocycles. The number of piperidine rings is 1. The number of aryl methyl sites for hydroxylation is 2. The summed E-state index contributed by atoms with van der Waals surface area (Å²) in [5, 5.41) is 10.5. The van der Waals surface area contributed by atoms with E-state index >= 15 is 0 Å². The molecule has 2 atom stereocenters. The van der Waals surface area contributed by atoms with Gasteiger partial charge in [-0.25, -0.2) is 4.98 Å². The number of nitrogens with zero attached hydrogens (tertiary/aromatic N) is 3. The molecule has 2 unspecified atom stereocenters. The summed E-state index contributed by atoms with van der Waals surface area (Å²) in [5.74, 6) is 0.781. The Balaban J connectivity index is 0.00000192. The van der Waals surface area contributed by atoms with Crippen LogP contribution in [0.1, 0.15) is 36.0 Å². The fourth-order valence-corrected chi connectivity index (χ4v) is 2.78. The lowest BCUT2D eigenvalue weighted by atomic mass is 10.0. The Morgan fingerprint density at radius 1 is 1.52 bits per heavy atom. The largest absolute Gasteiger partial charge is 0.440 e. The quantitative estimate of drug-likeness (QED) is 0.888. The average molecular weight is 340 g/mol. The molecular weight excluding hydrogens is 318 g/mol. The second kappa shape index (κ2) is 7.14. The van der Waals surface area contributed by atoms with Crippen LogP contribution in [-0.4, -0.2) is 39.3 Å². The molecule has 1 saturated heterocycles. The molecule has 0 radical (unpaired) electrons. The topological polar surface area (TPSA) is 85.0 Å². The van der Waals surface area contributed by atoms with Gasteiger partial charge in [-0.15, -0.1) is 12.4 Å². The highest BCUT2D eigenvalue weighted by Crippen LogP contribution is 2.21. The van der Waals surface area contributed by atoms with E-state index in [1.165, 1.54) is 0 Å². The van der Waals surface area contributed by atoms with Gasteiger partial charge in [0.15, 0.2) is 5.69 Å². The average Bonchev–Trinajstić information content (AvgIpc) is 3.05. The third kappa shape index (κ3) is 3.92. The summed E-state index contributed by atoms with van der Waals surface area (Å²) < 4.78 is 7.28. The van der Waals surface area contributed by atoms with Gasteiger partial charge in [0, 0.05) is 25.3 Å². The van der Waals surface area contributed by atoms with Gasteiger partial charge in [-0.1, -0.05) is 0 Å². The summed E-state index contributed by atoms with van der Waals surface area (Å²) in [4.78, 5) is 16.7. The van der Waals surface area contributed by atoms with Crippen LogP contribution in [0.15, 0.2) is 16.8 Å². The number of aromatic nitrogens is 3. The molecule has 1 fully saturated rings. The number of carbonyl (C=O) groups excluding carboxylic acids is 1. The van der Waals surface area contributed by atoms with Gasteiger partial charge in [0.2, 0.25) is 5.89 Å². The predicted octanol–water partition coefficient (Wildman–Crippen LogP) is 1.68. The first-order valence-electron chi connectivity index (χ1n) is 7.53. The Morgan fingerprint density at radius 3 is 2.96 bits per heavy atom. The van der Waals surface area contributed by atoms with Crippen LogP contribution in [0.3, 0.4) is 0 Å². The molecule has 126 valence electrons. The zero-order valence-corrected chi connectivity index (χ0v) is 14.3. The van der Waals surface area contributed by atoms with Crippen LogP contribution in [0.2, 0.25) is 0 Å². The van der Waals surface area contributed by atoms with Crippen LogP contribution in [0.4, 0.5) is 0 Å². The number of carbonyl (C=O) groups is 1. The SMILES string of the molecule is Cc1oc(-c2cnn(C)c2)nc1C(=O)NC1CCNC(C)C1.Cl. The number of nitrogens with one attached hydrogen (secondary N) is 2. The van der Waals surface area contributed by atoms with Gasteiger partial charge in [0.25, 0.3) is 5.91 Å². The third-order valence-electron chi connectivity index (χ3n) is 3.92. The van der Waals surface area contributed by atoms with E-state index in [9.17, 15) is 4.79 Å². The highest BCUT2D eigenvalue weighted by Gasteiger charge is 2.24. The van der Waals surface area contributed by atoms with Crippen molar-refractivity contribution >= 4 is 18.3 Å². The van der Waals surface area contributed by atoms with Crippen molar-refractivity contribution in [2.24, 2.45) is 7.05 Å². The van der Waals surface area contributed by atoms with Gasteiger partial charge < -0.3 is 15.1 Å². The maximum atomic E-state index is 12.4. The third-order valence-corrected chi connectivity index (χ3v) is 3.92. The van der Waals surface area contributed by atoms with Gasteiger partial charge in [-0.05, 0) is 33.2 Å². The highest BCUT2D eigenvalue weighted by atomic mass is 35.5. The second-order valence-corrected chi connectivity index (χ2v) is 5.88. The molecule has 2 N–H and O–H groups in total. The van der Waals surface area contributed by atoms with Gasteiger partial charge in [-0.2, -0.15) is 5.10 Å². The summed E-state index contributed by atoms with van der Waals surface area (Å²) in [6, 6.07) is 0.602. The van der Waals surface area contributed by atoms with Crippen molar-refractivity contribution in [1.29, 1.82) is 0 Å². The molecule has 2 aromatic rings. The summed E-state index contributed by atoms with van der Waals surface area (Å²) >= 11 is 0. The van der Waals surface area contributed by atoms with Crippen molar-refractivity contribution in [2.45, 2.75) is 38.8 Å². The Hall–Kier alpha value is -1.86. The van der Waals surface area contributed by atoms with Crippen molar-refractivity contribution in [2.75, 3.05) is 6.54 Å². The van der Waals surface area contributed by atoms with E-state index in [1.54, 1.807) is 24.0 Å². The lowest BCUT2D eigenvalue weighted by Crippen LogP contribution is -2.46. The molecule has 23 heavy (non-hydrogen) atoms. The van der Waals surface area contributed by atoms with E-state index in [1.807, 2.05) is 7.05 Å². The van der Waals surface area contributed by atoms with Crippen molar-refractivity contribution in [3.8, 4) is 11.5 Å². The lowest BCUT2D eigenvalue weighted by molar-refractivity contribution is 0.0919. The van der Waals surface area contributed by atoms with Crippen molar-refractivity contribution < 1.29 is 9.21 Å². The molecular formula is C15H22ClN5O2. The van der Waals surface area contributed by atoms with Gasteiger partial charge in [0.05, 0.1) is 11.8 Å². The van der Waals surface area contributed by atoms with Gasteiger partial charge in [0.1, 0.15) is 5.76 Å². The van der Waals surface area contributed by atoms with E-state index in [0.29, 0.717) is 23.4 Å². The molecule has 7 nitrogen and oxygen atoms in total. The number of hydrogen-bond acceptors (Lipinski definition) is 5. The minimum atomic E-state index is -0.171. The van der Waals surface area contributed by atoms with E-state index < -0.39 is 0 Å². The predicted molar refractivity (Wildman–Crippen MR) is 88.6 cm³/mol. The van der Waals surface area contributed by atoms with E-state index in [2.05, 4.69) is 27.6 Å². The molecule has 3 heterocycles. The number of amides is 1. The molecule has 1 aliphatic heterocycles. The van der Waals surface area contributed by atoms with Crippen LogP contribution in [0.25, 0.3) is 11.5 Å². The first kappa shape index (κ1) is 17.5. The van der Waals surface area contributed by atoms with Crippen LogP contribution in [0.5, 0.6) is 0 Å². The van der Waals surface area contributed by atoms with Crippen LogP contribution in [-0.2, 0) is 7.05 Å². The van der Waals surface area contributed by atoms with E-state index in [4.69, 9.17) is 4.42 Å². The van der Waals surface area contributed by atoms with Gasteiger partial charge >= 0.3 is 0 Å². The standard InChI is InChI=1S/C15H21N5O2.ClH/c1-9-6-12(4-5-16-9)18-14(21)13-10(2)22-15(19-13)11-7-17-20(3)8-11;/h7-9,12,16H,4-6H2,1-3H3,(H,18,21);1H. The first-order valence-corrected chi connectivity index (χ1v) is 7.53. The molecule has 1 amide bonds. The van der Waals surface area contributed by atoms with Crippen molar-refractivity contribution in [3.63, 3.8) is 0 Å². The molecule has 0 aliphatic carbocycles. The Bertz CT molecular complexity index is 681. The zero-order chi connectivity index (χ0) is 15.7. The molecule has 1 aliphatic rings. The van der Waals surface area contributed by atoms with Gasteiger partial charge in [-0.3, -0.25) is 9.48 Å². The fraction of sp³-hybridized carbons (Fsp3) is 0.533. The molecule has 0 bridgehead atoms. The summed E-state index contributed by atoms with van der Waals surface area (Å²) in [6.07, 6.45) is 5.34. The number of hydrogen-bond donors (Lipinski definition) is 2. The second-order valence-electron chi connectivity index (χ2n) is 5.88. The Morgan fingerprint density at radius 2 is 2.30 bits per heavy atom. The molecule has 2 aromatic heterocycles. The number of oxazole rings is 1. The van der Waals surface area contributed by atoms with Crippen molar-refractivity contribution in [3.05, 3.63) is 23.8 Å². The summed E-state index contributed by atoms with van der Waals surface area (Å²) in [7, 11) is 1.82. The number of halogens is 1. The zero-order valence-electron chi connectivity index (χ0n) is 13.5. The normalized spacial score (nSPS) is 20.8. The Kier molecular flexibility index (Phi) is 5.43. The van der Waals surface area contributed by atoms with Crippen LogP contribution >= 0.6 is 12.4 Å². The molecule has 3 rings (SSSR count). The minimum absolute atomic E-state index is 0. The first-order chi connectivity index (χ1) is 10.5. The van der Waals surface area contributed by atoms with Crippen LogP contribution in [0, 0.1) is 6.92 Å². The van der Waals surface area contributed by atoms with Crippen LogP contribution < -0.4 is 10.6 Å².